The van der Waals surface area contributed by atoms with Crippen molar-refractivity contribution >= 4 is 11.9 Å². The Morgan fingerprint density at radius 1 is 1.22 bits per heavy atom. The Labute approximate surface area is 109 Å². The van der Waals surface area contributed by atoms with Gasteiger partial charge in [-0.2, -0.15) is 0 Å². The topological polar surface area (TPSA) is 63.6 Å². The van der Waals surface area contributed by atoms with Crippen LogP contribution in [0.15, 0.2) is 12.2 Å². The Kier molecular flexibility index (Phi) is 7.27. The highest BCUT2D eigenvalue weighted by molar-refractivity contribution is 5.86. The summed E-state index contributed by atoms with van der Waals surface area (Å²) in [7, 11) is 4.01. The number of ether oxygens (including phenoxy) is 1. The SMILES string of the molecule is C=C(C)C(=O)OCCCC[N+](C)(C)CCC(=O)O. The van der Waals surface area contributed by atoms with Crippen LogP contribution >= 0.6 is 0 Å². The molecule has 0 spiro atoms. The third-order valence-electron chi connectivity index (χ3n) is 2.67. The number of rotatable bonds is 9. The minimum atomic E-state index is -0.767. The van der Waals surface area contributed by atoms with Crippen LogP contribution in [0.4, 0.5) is 0 Å². The first-order valence-corrected chi connectivity index (χ1v) is 6.11. The van der Waals surface area contributed by atoms with Gasteiger partial charge in [0.2, 0.25) is 0 Å². The summed E-state index contributed by atoms with van der Waals surface area (Å²) in [6.07, 6.45) is 1.86. The molecule has 0 bridgehead atoms. The highest BCUT2D eigenvalue weighted by Gasteiger charge is 2.16. The van der Waals surface area contributed by atoms with Crippen molar-refractivity contribution in [2.24, 2.45) is 0 Å². The van der Waals surface area contributed by atoms with E-state index >= 15 is 0 Å². The van der Waals surface area contributed by atoms with E-state index in [1.165, 1.54) is 0 Å². The number of carboxylic acids is 1. The molecule has 5 heteroatoms. The van der Waals surface area contributed by atoms with Crippen LogP contribution in [0.2, 0.25) is 0 Å². The predicted octanol–water partition coefficient (Wildman–Crippen LogP) is 1.44. The van der Waals surface area contributed by atoms with Crippen molar-refractivity contribution in [1.29, 1.82) is 0 Å². The van der Waals surface area contributed by atoms with Crippen LogP contribution in [-0.4, -0.2) is 55.3 Å². The minimum Gasteiger partial charge on any atom is -0.481 e. The third-order valence-corrected chi connectivity index (χ3v) is 2.67. The van der Waals surface area contributed by atoms with Gasteiger partial charge in [-0.05, 0) is 19.8 Å². The summed E-state index contributed by atoms with van der Waals surface area (Å²) >= 11 is 0. The lowest BCUT2D eigenvalue weighted by atomic mass is 10.2. The maximum atomic E-state index is 11.1. The molecule has 0 atom stereocenters. The molecule has 5 nitrogen and oxygen atoms in total. The number of hydrogen-bond donors (Lipinski definition) is 1. The van der Waals surface area contributed by atoms with Crippen LogP contribution in [0.3, 0.4) is 0 Å². The molecule has 0 heterocycles. The number of carboxylic acid groups (broad SMARTS) is 1. The Morgan fingerprint density at radius 2 is 1.83 bits per heavy atom. The van der Waals surface area contributed by atoms with Crippen LogP contribution < -0.4 is 0 Å². The van der Waals surface area contributed by atoms with Crippen LogP contribution in [0.1, 0.15) is 26.2 Å². The Morgan fingerprint density at radius 3 is 2.33 bits per heavy atom. The number of esters is 1. The molecular weight excluding hydrogens is 234 g/mol. The number of unbranched alkanes of at least 4 members (excludes halogenated alkanes) is 1. The molecule has 0 unspecified atom stereocenters. The third kappa shape index (κ3) is 8.75. The van der Waals surface area contributed by atoms with Gasteiger partial charge in [-0.15, -0.1) is 0 Å². The van der Waals surface area contributed by atoms with Crippen molar-refractivity contribution in [3.63, 3.8) is 0 Å². The fraction of sp³-hybridized carbons (Fsp3) is 0.692. The van der Waals surface area contributed by atoms with E-state index in [2.05, 4.69) is 6.58 Å². The predicted molar refractivity (Wildman–Crippen MR) is 69.1 cm³/mol. The maximum absolute atomic E-state index is 11.1. The van der Waals surface area contributed by atoms with Gasteiger partial charge in [0.1, 0.15) is 0 Å². The van der Waals surface area contributed by atoms with Crippen molar-refractivity contribution in [3.8, 4) is 0 Å². The second-order valence-electron chi connectivity index (χ2n) is 5.15. The Bertz CT molecular complexity index is 310. The summed E-state index contributed by atoms with van der Waals surface area (Å²) in [6, 6.07) is 0. The van der Waals surface area contributed by atoms with Gasteiger partial charge in [-0.25, -0.2) is 4.79 Å². The number of aliphatic carboxylic acids is 1. The number of carbonyl (C=O) groups is 2. The Hall–Kier alpha value is -1.36. The first-order valence-electron chi connectivity index (χ1n) is 6.11. The molecule has 0 aliphatic carbocycles. The first-order chi connectivity index (χ1) is 8.24. The van der Waals surface area contributed by atoms with E-state index in [1.807, 2.05) is 14.1 Å². The summed E-state index contributed by atoms with van der Waals surface area (Å²) in [5, 5.41) is 8.62. The summed E-state index contributed by atoms with van der Waals surface area (Å²) in [4.78, 5) is 21.6. The van der Waals surface area contributed by atoms with E-state index in [-0.39, 0.29) is 12.4 Å². The van der Waals surface area contributed by atoms with Gasteiger partial charge >= 0.3 is 11.9 Å². The molecule has 0 saturated carbocycles. The van der Waals surface area contributed by atoms with Gasteiger partial charge < -0.3 is 14.3 Å². The summed E-state index contributed by atoms with van der Waals surface area (Å²) in [6.45, 7) is 7.00. The molecule has 0 radical (unpaired) electrons. The van der Waals surface area contributed by atoms with Gasteiger partial charge in [0.25, 0.3) is 0 Å². The molecule has 0 aliphatic rings. The van der Waals surface area contributed by atoms with E-state index in [4.69, 9.17) is 9.84 Å². The molecule has 0 aromatic heterocycles. The van der Waals surface area contributed by atoms with Gasteiger partial charge in [0.15, 0.2) is 0 Å². The molecule has 0 aliphatic heterocycles. The lowest BCUT2D eigenvalue weighted by molar-refractivity contribution is -0.890. The fourth-order valence-corrected chi connectivity index (χ4v) is 1.44. The molecule has 0 fully saturated rings. The van der Waals surface area contributed by atoms with E-state index in [1.54, 1.807) is 6.92 Å². The van der Waals surface area contributed by atoms with E-state index in [0.29, 0.717) is 23.2 Å². The summed E-state index contributed by atoms with van der Waals surface area (Å²) in [5.74, 6) is -1.12. The molecule has 0 aromatic rings. The maximum Gasteiger partial charge on any atom is 0.333 e. The Balaban J connectivity index is 3.67. The van der Waals surface area contributed by atoms with E-state index < -0.39 is 5.97 Å². The number of nitrogens with zero attached hydrogens (tertiary/aromatic N) is 1. The molecule has 0 rings (SSSR count). The zero-order valence-electron chi connectivity index (χ0n) is 11.6. The van der Waals surface area contributed by atoms with Crippen molar-refractivity contribution < 1.29 is 23.9 Å². The molecule has 18 heavy (non-hydrogen) atoms. The normalized spacial score (nSPS) is 11.1. The molecule has 104 valence electrons. The van der Waals surface area contributed by atoms with Gasteiger partial charge in [-0.3, -0.25) is 4.79 Å². The van der Waals surface area contributed by atoms with Crippen LogP contribution in [0.5, 0.6) is 0 Å². The number of hydrogen-bond acceptors (Lipinski definition) is 3. The molecule has 1 N–H and O–H groups in total. The standard InChI is InChI=1S/C13H23NO4/c1-11(2)13(17)18-10-6-5-8-14(3,4)9-7-12(15)16/h1,5-10H2,2-4H3/p+1. The van der Waals surface area contributed by atoms with Crippen molar-refractivity contribution in [1.82, 2.24) is 0 Å². The molecule has 0 aromatic carbocycles. The van der Waals surface area contributed by atoms with Crippen LogP contribution in [-0.2, 0) is 14.3 Å². The zero-order valence-corrected chi connectivity index (χ0v) is 11.6. The van der Waals surface area contributed by atoms with Crippen molar-refractivity contribution in [3.05, 3.63) is 12.2 Å². The summed E-state index contributed by atoms with van der Waals surface area (Å²) < 4.78 is 5.64. The van der Waals surface area contributed by atoms with Crippen molar-refractivity contribution in [2.75, 3.05) is 33.8 Å². The monoisotopic (exact) mass is 258 g/mol. The lowest BCUT2D eigenvalue weighted by Gasteiger charge is -2.29. The van der Waals surface area contributed by atoms with Gasteiger partial charge in [0.05, 0.1) is 40.2 Å². The smallest absolute Gasteiger partial charge is 0.333 e. The van der Waals surface area contributed by atoms with Gasteiger partial charge in [-0.1, -0.05) is 6.58 Å². The highest BCUT2D eigenvalue weighted by Crippen LogP contribution is 2.04. The summed E-state index contributed by atoms with van der Waals surface area (Å²) in [5.41, 5.74) is 0.410. The average molecular weight is 258 g/mol. The average Bonchev–Trinajstić information content (AvgIpc) is 2.25. The fourth-order valence-electron chi connectivity index (χ4n) is 1.44. The molecular formula is C13H24NO4+. The van der Waals surface area contributed by atoms with E-state index in [0.717, 1.165) is 19.4 Å². The first kappa shape index (κ1) is 16.6. The van der Waals surface area contributed by atoms with Gasteiger partial charge in [0, 0.05) is 5.57 Å². The minimum absolute atomic E-state index is 0.178. The second-order valence-corrected chi connectivity index (χ2v) is 5.15. The number of carbonyl (C=O) groups excluding carboxylic acids is 1. The van der Waals surface area contributed by atoms with Crippen LogP contribution in [0.25, 0.3) is 0 Å². The second kappa shape index (κ2) is 7.87. The number of quaternary nitrogens is 1. The largest absolute Gasteiger partial charge is 0.481 e. The lowest BCUT2D eigenvalue weighted by Crippen LogP contribution is -2.42. The van der Waals surface area contributed by atoms with E-state index in [9.17, 15) is 9.59 Å². The van der Waals surface area contributed by atoms with Crippen molar-refractivity contribution in [2.45, 2.75) is 26.2 Å². The zero-order chi connectivity index (χ0) is 14.2. The molecule has 0 amide bonds. The quantitative estimate of drug-likeness (QED) is 0.294. The molecule has 0 saturated heterocycles. The van der Waals surface area contributed by atoms with Crippen LogP contribution in [0, 0.1) is 0 Å². The highest BCUT2D eigenvalue weighted by atomic mass is 16.5.